The normalized spacial score (nSPS) is 25.7. The lowest BCUT2D eigenvalue weighted by Crippen LogP contribution is -2.48. The molecule has 2 rings (SSSR count). The standard InChI is InChI=1S/C14H26N2O2.ClH/c1-3-16(4-2)13(17)12-5-6-14(11-18-12)7-9-15-10-8-14;/h12,15H,3-11H2,1-2H3;1H. The summed E-state index contributed by atoms with van der Waals surface area (Å²) in [6.07, 6.45) is 4.24. The van der Waals surface area contributed by atoms with E-state index in [0.717, 1.165) is 45.6 Å². The Morgan fingerprint density at radius 2 is 1.89 bits per heavy atom. The van der Waals surface area contributed by atoms with Gasteiger partial charge in [0.25, 0.3) is 5.91 Å². The lowest BCUT2D eigenvalue weighted by atomic mass is 9.74. The lowest BCUT2D eigenvalue weighted by molar-refractivity contribution is -0.153. The predicted molar refractivity (Wildman–Crippen MR) is 78.7 cm³/mol. The summed E-state index contributed by atoms with van der Waals surface area (Å²) < 4.78 is 5.90. The molecule has 1 amide bonds. The molecule has 1 unspecified atom stereocenters. The number of carbonyl (C=O) groups excluding carboxylic acids is 1. The number of hydrogen-bond acceptors (Lipinski definition) is 3. The number of nitrogens with one attached hydrogen (secondary N) is 1. The molecular weight excluding hydrogens is 264 g/mol. The Morgan fingerprint density at radius 3 is 2.37 bits per heavy atom. The van der Waals surface area contributed by atoms with Crippen molar-refractivity contribution >= 4 is 18.3 Å². The van der Waals surface area contributed by atoms with Crippen LogP contribution in [0.1, 0.15) is 39.5 Å². The molecule has 0 aromatic rings. The van der Waals surface area contributed by atoms with E-state index in [9.17, 15) is 4.79 Å². The Morgan fingerprint density at radius 1 is 1.26 bits per heavy atom. The first kappa shape index (κ1) is 16.7. The van der Waals surface area contributed by atoms with Crippen molar-refractivity contribution in [2.24, 2.45) is 5.41 Å². The van der Waals surface area contributed by atoms with Crippen molar-refractivity contribution in [2.75, 3.05) is 32.8 Å². The zero-order valence-electron chi connectivity index (χ0n) is 12.1. The van der Waals surface area contributed by atoms with E-state index in [1.165, 1.54) is 12.8 Å². The quantitative estimate of drug-likeness (QED) is 0.862. The maximum Gasteiger partial charge on any atom is 0.251 e. The fourth-order valence-corrected chi connectivity index (χ4v) is 3.16. The topological polar surface area (TPSA) is 41.6 Å². The summed E-state index contributed by atoms with van der Waals surface area (Å²) in [4.78, 5) is 14.1. The monoisotopic (exact) mass is 290 g/mol. The number of piperidine rings is 1. The van der Waals surface area contributed by atoms with Gasteiger partial charge in [0.15, 0.2) is 0 Å². The molecule has 0 bridgehead atoms. The van der Waals surface area contributed by atoms with E-state index in [4.69, 9.17) is 4.74 Å². The molecule has 2 saturated heterocycles. The zero-order chi connectivity index (χ0) is 13.0. The second-order valence-electron chi connectivity index (χ2n) is 5.60. The van der Waals surface area contributed by atoms with Gasteiger partial charge in [-0.25, -0.2) is 0 Å². The highest BCUT2D eigenvalue weighted by Gasteiger charge is 2.39. The van der Waals surface area contributed by atoms with Crippen LogP contribution in [0.15, 0.2) is 0 Å². The smallest absolute Gasteiger partial charge is 0.251 e. The van der Waals surface area contributed by atoms with Crippen molar-refractivity contribution < 1.29 is 9.53 Å². The summed E-state index contributed by atoms with van der Waals surface area (Å²) in [6.45, 7) is 8.58. The third-order valence-corrected chi connectivity index (χ3v) is 4.54. The van der Waals surface area contributed by atoms with Crippen LogP contribution in [0.4, 0.5) is 0 Å². The largest absolute Gasteiger partial charge is 0.368 e. The molecule has 2 aliphatic rings. The molecule has 5 heteroatoms. The first-order chi connectivity index (χ1) is 8.71. The second kappa shape index (κ2) is 7.46. The van der Waals surface area contributed by atoms with Crippen molar-refractivity contribution in [3.63, 3.8) is 0 Å². The molecule has 0 radical (unpaired) electrons. The lowest BCUT2D eigenvalue weighted by Gasteiger charge is -2.43. The summed E-state index contributed by atoms with van der Waals surface area (Å²) in [7, 11) is 0. The van der Waals surface area contributed by atoms with Gasteiger partial charge >= 0.3 is 0 Å². The third-order valence-electron chi connectivity index (χ3n) is 4.54. The molecule has 4 nitrogen and oxygen atoms in total. The van der Waals surface area contributed by atoms with Gasteiger partial charge in [0.1, 0.15) is 6.10 Å². The number of likely N-dealkylation sites (N-methyl/N-ethyl adjacent to an activating group) is 1. The maximum absolute atomic E-state index is 12.2. The van der Waals surface area contributed by atoms with Crippen molar-refractivity contribution in [3.8, 4) is 0 Å². The minimum atomic E-state index is -0.189. The first-order valence-electron chi connectivity index (χ1n) is 7.32. The van der Waals surface area contributed by atoms with Gasteiger partial charge in [-0.05, 0) is 58.0 Å². The molecule has 1 N–H and O–H groups in total. The van der Waals surface area contributed by atoms with E-state index in [-0.39, 0.29) is 24.4 Å². The zero-order valence-corrected chi connectivity index (χ0v) is 12.9. The van der Waals surface area contributed by atoms with Crippen LogP contribution in [-0.2, 0) is 9.53 Å². The van der Waals surface area contributed by atoms with E-state index in [0.29, 0.717) is 5.41 Å². The molecule has 112 valence electrons. The number of rotatable bonds is 3. The fourth-order valence-electron chi connectivity index (χ4n) is 3.16. The average Bonchev–Trinajstić information content (AvgIpc) is 2.42. The Balaban J connectivity index is 0.00000180. The van der Waals surface area contributed by atoms with Gasteiger partial charge in [0.05, 0.1) is 6.61 Å². The third kappa shape index (κ3) is 3.83. The average molecular weight is 291 g/mol. The molecule has 0 aromatic carbocycles. The van der Waals surface area contributed by atoms with E-state index < -0.39 is 0 Å². The van der Waals surface area contributed by atoms with Gasteiger partial charge in [0, 0.05) is 13.1 Å². The second-order valence-corrected chi connectivity index (χ2v) is 5.60. The van der Waals surface area contributed by atoms with Crippen LogP contribution >= 0.6 is 12.4 Å². The molecule has 2 fully saturated rings. The number of ether oxygens (including phenoxy) is 1. The highest BCUT2D eigenvalue weighted by molar-refractivity contribution is 5.85. The molecule has 0 aromatic heterocycles. The van der Waals surface area contributed by atoms with Crippen LogP contribution in [0.5, 0.6) is 0 Å². The van der Waals surface area contributed by atoms with Gasteiger partial charge in [0.2, 0.25) is 0 Å². The number of hydrogen-bond donors (Lipinski definition) is 1. The Hall–Kier alpha value is -0.320. The molecule has 2 aliphatic heterocycles. The van der Waals surface area contributed by atoms with E-state index >= 15 is 0 Å². The van der Waals surface area contributed by atoms with Crippen molar-refractivity contribution in [1.29, 1.82) is 0 Å². The molecule has 0 aliphatic carbocycles. The summed E-state index contributed by atoms with van der Waals surface area (Å²) >= 11 is 0. The van der Waals surface area contributed by atoms with E-state index in [2.05, 4.69) is 5.32 Å². The minimum Gasteiger partial charge on any atom is -0.368 e. The number of halogens is 1. The fraction of sp³-hybridized carbons (Fsp3) is 0.929. The summed E-state index contributed by atoms with van der Waals surface area (Å²) in [5.74, 6) is 0.184. The minimum absolute atomic E-state index is 0. The van der Waals surface area contributed by atoms with E-state index in [1.54, 1.807) is 0 Å². The molecule has 19 heavy (non-hydrogen) atoms. The Kier molecular flexibility index (Phi) is 6.57. The SMILES string of the molecule is CCN(CC)C(=O)C1CCC2(CCNCC2)CO1.Cl. The Labute approximate surface area is 122 Å². The van der Waals surface area contributed by atoms with E-state index in [1.807, 2.05) is 18.7 Å². The number of nitrogens with zero attached hydrogens (tertiary/aromatic N) is 1. The Bertz CT molecular complexity index is 279. The highest BCUT2D eigenvalue weighted by Crippen LogP contribution is 2.39. The van der Waals surface area contributed by atoms with Gasteiger partial charge < -0.3 is 15.0 Å². The van der Waals surface area contributed by atoms with Crippen LogP contribution < -0.4 is 5.32 Å². The number of carbonyl (C=O) groups is 1. The highest BCUT2D eigenvalue weighted by atomic mass is 35.5. The van der Waals surface area contributed by atoms with Crippen LogP contribution in [-0.4, -0.2) is 49.7 Å². The summed E-state index contributed by atoms with van der Waals surface area (Å²) in [5, 5.41) is 3.40. The maximum atomic E-state index is 12.2. The van der Waals surface area contributed by atoms with Crippen LogP contribution in [0.2, 0.25) is 0 Å². The predicted octanol–water partition coefficient (Wildman–Crippen LogP) is 1.83. The van der Waals surface area contributed by atoms with Crippen molar-refractivity contribution in [2.45, 2.75) is 45.6 Å². The van der Waals surface area contributed by atoms with Gasteiger partial charge in [-0.1, -0.05) is 0 Å². The van der Waals surface area contributed by atoms with Crippen molar-refractivity contribution in [3.05, 3.63) is 0 Å². The molecule has 0 saturated carbocycles. The van der Waals surface area contributed by atoms with Crippen LogP contribution in [0.25, 0.3) is 0 Å². The van der Waals surface area contributed by atoms with Gasteiger partial charge in [-0.15, -0.1) is 12.4 Å². The van der Waals surface area contributed by atoms with Crippen LogP contribution in [0.3, 0.4) is 0 Å². The van der Waals surface area contributed by atoms with Crippen LogP contribution in [0, 0.1) is 5.41 Å². The molecule has 1 atom stereocenters. The van der Waals surface area contributed by atoms with Gasteiger partial charge in [-0.2, -0.15) is 0 Å². The molecular formula is C14H27ClN2O2. The first-order valence-corrected chi connectivity index (χ1v) is 7.32. The van der Waals surface area contributed by atoms with Gasteiger partial charge in [-0.3, -0.25) is 4.79 Å². The summed E-state index contributed by atoms with van der Waals surface area (Å²) in [5.41, 5.74) is 0.352. The van der Waals surface area contributed by atoms with Crippen molar-refractivity contribution in [1.82, 2.24) is 10.2 Å². The molecule has 1 spiro atoms. The molecule has 2 heterocycles. The summed E-state index contributed by atoms with van der Waals surface area (Å²) in [6, 6.07) is 0. The number of amides is 1.